The largest absolute Gasteiger partial charge is 0.304 e. The number of halogens is 4. The third-order valence-electron chi connectivity index (χ3n) is 4.87. The van der Waals surface area contributed by atoms with Crippen molar-refractivity contribution < 1.29 is 17.6 Å². The van der Waals surface area contributed by atoms with E-state index in [0.717, 1.165) is 49.8 Å². The molecule has 0 bridgehead atoms. The van der Waals surface area contributed by atoms with Crippen LogP contribution in [0.4, 0.5) is 17.6 Å². The van der Waals surface area contributed by atoms with E-state index >= 15 is 0 Å². The van der Waals surface area contributed by atoms with Crippen LogP contribution in [0.15, 0.2) is 36.4 Å². The molecule has 2 aromatic rings. The van der Waals surface area contributed by atoms with Gasteiger partial charge in [0.15, 0.2) is 0 Å². The summed E-state index contributed by atoms with van der Waals surface area (Å²) in [6, 6.07) is 7.63. The summed E-state index contributed by atoms with van der Waals surface area (Å²) in [5.41, 5.74) is -0.265. The molecule has 0 saturated heterocycles. The first-order valence-corrected chi connectivity index (χ1v) is 8.34. The predicted molar refractivity (Wildman–Crippen MR) is 86.4 cm³/mol. The standard InChI is InChI=1S/C20H20F4/c1-13-7-9-16(10-8-13)20(23,24)19-17(21)11-15(12-18(19)22)14-5-3-2-4-6-14/h7-12,14H,2-6H2,1H3. The summed E-state index contributed by atoms with van der Waals surface area (Å²) in [5, 5.41) is 0. The molecule has 0 unspecified atom stereocenters. The molecule has 0 aromatic heterocycles. The second-order valence-corrected chi connectivity index (χ2v) is 6.63. The third kappa shape index (κ3) is 3.19. The molecule has 0 aliphatic heterocycles. The lowest BCUT2D eigenvalue weighted by atomic mass is 9.83. The monoisotopic (exact) mass is 336 g/mol. The summed E-state index contributed by atoms with van der Waals surface area (Å²) < 4.78 is 58.1. The fourth-order valence-electron chi connectivity index (χ4n) is 3.47. The minimum atomic E-state index is -3.70. The van der Waals surface area contributed by atoms with E-state index in [-0.39, 0.29) is 5.92 Å². The quantitative estimate of drug-likeness (QED) is 0.564. The Bertz CT molecular complexity index is 690. The molecule has 3 rings (SSSR count). The highest BCUT2D eigenvalue weighted by Gasteiger charge is 2.40. The van der Waals surface area contributed by atoms with Crippen molar-refractivity contribution in [3.05, 3.63) is 70.3 Å². The topological polar surface area (TPSA) is 0 Å². The molecule has 0 nitrogen and oxygen atoms in total. The molecule has 1 fully saturated rings. The number of hydrogen-bond donors (Lipinski definition) is 0. The maximum absolute atomic E-state index is 14.6. The molecular weight excluding hydrogens is 316 g/mol. The van der Waals surface area contributed by atoms with Crippen molar-refractivity contribution in [2.75, 3.05) is 0 Å². The molecule has 0 N–H and O–H groups in total. The van der Waals surface area contributed by atoms with Gasteiger partial charge in [-0.05, 0) is 43.4 Å². The number of hydrogen-bond acceptors (Lipinski definition) is 0. The molecule has 24 heavy (non-hydrogen) atoms. The van der Waals surface area contributed by atoms with E-state index in [4.69, 9.17) is 0 Å². The molecule has 0 radical (unpaired) electrons. The summed E-state index contributed by atoms with van der Waals surface area (Å²) >= 11 is 0. The Kier molecular flexibility index (Phi) is 4.66. The van der Waals surface area contributed by atoms with E-state index in [2.05, 4.69) is 0 Å². The lowest BCUT2D eigenvalue weighted by Crippen LogP contribution is -2.20. The van der Waals surface area contributed by atoms with E-state index < -0.39 is 28.7 Å². The van der Waals surface area contributed by atoms with Crippen molar-refractivity contribution in [3.63, 3.8) is 0 Å². The fourth-order valence-corrected chi connectivity index (χ4v) is 3.47. The molecule has 0 heterocycles. The van der Waals surface area contributed by atoms with Crippen molar-refractivity contribution in [1.29, 1.82) is 0 Å². The zero-order chi connectivity index (χ0) is 17.3. The van der Waals surface area contributed by atoms with Gasteiger partial charge in [-0.25, -0.2) is 8.78 Å². The van der Waals surface area contributed by atoms with Crippen LogP contribution in [0.3, 0.4) is 0 Å². The predicted octanol–water partition coefficient (Wildman–Crippen LogP) is 6.46. The van der Waals surface area contributed by atoms with Gasteiger partial charge in [0.2, 0.25) is 0 Å². The van der Waals surface area contributed by atoms with Crippen LogP contribution in [-0.2, 0) is 5.92 Å². The van der Waals surface area contributed by atoms with Gasteiger partial charge in [-0.3, -0.25) is 0 Å². The number of alkyl halides is 2. The summed E-state index contributed by atoms with van der Waals surface area (Å²) in [6.45, 7) is 1.77. The first kappa shape index (κ1) is 17.0. The van der Waals surface area contributed by atoms with Gasteiger partial charge < -0.3 is 0 Å². The number of aryl methyl sites for hydroxylation is 1. The SMILES string of the molecule is Cc1ccc(C(F)(F)c2c(F)cc(C3CCCCC3)cc2F)cc1. The summed E-state index contributed by atoms with van der Waals surface area (Å²) in [6.07, 6.45) is 4.84. The molecule has 1 aliphatic carbocycles. The van der Waals surface area contributed by atoms with Gasteiger partial charge >= 0.3 is 5.92 Å². The van der Waals surface area contributed by atoms with E-state index in [1.54, 1.807) is 6.92 Å². The van der Waals surface area contributed by atoms with E-state index in [9.17, 15) is 17.6 Å². The average molecular weight is 336 g/mol. The van der Waals surface area contributed by atoms with E-state index in [0.29, 0.717) is 5.56 Å². The molecule has 128 valence electrons. The highest BCUT2D eigenvalue weighted by atomic mass is 19.3. The molecule has 1 saturated carbocycles. The lowest BCUT2D eigenvalue weighted by molar-refractivity contribution is 0.0346. The maximum Gasteiger partial charge on any atom is 0.304 e. The maximum atomic E-state index is 14.6. The average Bonchev–Trinajstić information content (AvgIpc) is 2.55. The van der Waals surface area contributed by atoms with Gasteiger partial charge in [0.05, 0.1) is 5.56 Å². The van der Waals surface area contributed by atoms with Crippen LogP contribution in [0.5, 0.6) is 0 Å². The Morgan fingerprint density at radius 2 is 1.42 bits per heavy atom. The smallest absolute Gasteiger partial charge is 0.206 e. The minimum absolute atomic E-state index is 0.0600. The normalized spacial score (nSPS) is 16.4. The van der Waals surface area contributed by atoms with Gasteiger partial charge in [0.1, 0.15) is 11.6 Å². The van der Waals surface area contributed by atoms with Gasteiger partial charge in [-0.1, -0.05) is 49.1 Å². The van der Waals surface area contributed by atoms with E-state index in [1.807, 2.05) is 0 Å². The van der Waals surface area contributed by atoms with Crippen molar-refractivity contribution in [1.82, 2.24) is 0 Å². The van der Waals surface area contributed by atoms with Crippen LogP contribution >= 0.6 is 0 Å². The van der Waals surface area contributed by atoms with Gasteiger partial charge in [0, 0.05) is 5.56 Å². The first-order chi connectivity index (χ1) is 11.4. The second kappa shape index (κ2) is 6.58. The summed E-state index contributed by atoms with van der Waals surface area (Å²) in [7, 11) is 0. The molecule has 0 atom stereocenters. The van der Waals surface area contributed by atoms with Crippen LogP contribution in [0.2, 0.25) is 0 Å². The van der Waals surface area contributed by atoms with Crippen LogP contribution in [0, 0.1) is 18.6 Å². The second-order valence-electron chi connectivity index (χ2n) is 6.63. The highest BCUT2D eigenvalue weighted by Crippen LogP contribution is 2.41. The Hall–Kier alpha value is -1.84. The Labute approximate surface area is 139 Å². The van der Waals surface area contributed by atoms with Crippen molar-refractivity contribution >= 4 is 0 Å². The molecule has 1 aliphatic rings. The molecule has 2 aromatic carbocycles. The van der Waals surface area contributed by atoms with Crippen molar-refractivity contribution in [3.8, 4) is 0 Å². The van der Waals surface area contributed by atoms with E-state index in [1.165, 1.54) is 24.3 Å². The lowest BCUT2D eigenvalue weighted by Gasteiger charge is -2.24. The summed E-state index contributed by atoms with van der Waals surface area (Å²) in [5.74, 6) is -5.97. The number of benzene rings is 2. The van der Waals surface area contributed by atoms with Gasteiger partial charge in [-0.2, -0.15) is 8.78 Å². The minimum Gasteiger partial charge on any atom is -0.206 e. The van der Waals surface area contributed by atoms with Crippen LogP contribution in [-0.4, -0.2) is 0 Å². The Morgan fingerprint density at radius 3 is 1.96 bits per heavy atom. The zero-order valence-corrected chi connectivity index (χ0v) is 13.6. The van der Waals surface area contributed by atoms with Crippen LogP contribution in [0.25, 0.3) is 0 Å². The Balaban J connectivity index is 1.99. The zero-order valence-electron chi connectivity index (χ0n) is 13.6. The van der Waals surface area contributed by atoms with Crippen LogP contribution < -0.4 is 0 Å². The van der Waals surface area contributed by atoms with Crippen molar-refractivity contribution in [2.24, 2.45) is 0 Å². The molecule has 0 amide bonds. The Morgan fingerprint density at radius 1 is 0.875 bits per heavy atom. The third-order valence-corrected chi connectivity index (χ3v) is 4.87. The molecule has 4 heteroatoms. The fraction of sp³-hybridized carbons (Fsp3) is 0.400. The first-order valence-electron chi connectivity index (χ1n) is 8.34. The van der Waals surface area contributed by atoms with Gasteiger partial charge in [0.25, 0.3) is 0 Å². The van der Waals surface area contributed by atoms with Crippen LogP contribution in [0.1, 0.15) is 60.3 Å². The van der Waals surface area contributed by atoms with Gasteiger partial charge in [-0.15, -0.1) is 0 Å². The number of rotatable bonds is 3. The summed E-state index contributed by atoms with van der Waals surface area (Å²) in [4.78, 5) is 0. The molecule has 0 spiro atoms. The highest BCUT2D eigenvalue weighted by molar-refractivity contribution is 5.39. The van der Waals surface area contributed by atoms with Crippen molar-refractivity contribution in [2.45, 2.75) is 50.9 Å². The molecular formula is C20H20F4.